The Bertz CT molecular complexity index is 424. The molecule has 0 aliphatic rings. The number of nitrogens with one attached hydrogen (secondary N) is 1. The lowest BCUT2D eigenvalue weighted by molar-refractivity contribution is 0.0547. The van der Waals surface area contributed by atoms with Crippen molar-refractivity contribution in [2.24, 2.45) is 0 Å². The van der Waals surface area contributed by atoms with Crippen molar-refractivity contribution in [1.82, 2.24) is 10.4 Å². The molecule has 104 valence electrons. The van der Waals surface area contributed by atoms with E-state index in [1.807, 2.05) is 63.5 Å². The third kappa shape index (κ3) is 7.01. The average molecular weight is 281 g/mol. The average Bonchev–Trinajstić information content (AvgIpc) is 2.39. The van der Waals surface area contributed by atoms with Crippen LogP contribution in [0.2, 0.25) is 5.02 Å². The molecule has 4 heteroatoms. The van der Waals surface area contributed by atoms with E-state index in [-0.39, 0.29) is 0 Å². The number of allylic oxidation sites excluding steroid dienone is 2. The van der Waals surface area contributed by atoms with Gasteiger partial charge in [0.05, 0.1) is 12.3 Å². The summed E-state index contributed by atoms with van der Waals surface area (Å²) >= 11 is 5.84. The Kier molecular flexibility index (Phi) is 7.26. The van der Waals surface area contributed by atoms with Crippen LogP contribution in [0.4, 0.5) is 0 Å². The first-order chi connectivity index (χ1) is 9.11. The molecule has 0 spiro atoms. The molecule has 0 heterocycles. The molecule has 0 aromatic heterocycles. The van der Waals surface area contributed by atoms with Gasteiger partial charge in [-0.2, -0.15) is 0 Å². The number of rotatable bonds is 7. The van der Waals surface area contributed by atoms with E-state index in [1.54, 1.807) is 0 Å². The minimum atomic E-state index is 0.638. The van der Waals surface area contributed by atoms with Crippen molar-refractivity contribution in [3.63, 3.8) is 0 Å². The standard InChI is InChI=1S/C15H21ClN2O/c1-4-15(17-19-12-11-18(2)3)10-7-13-5-8-14(16)9-6-13/h4-10,17H,11-12H2,1-3H3. The van der Waals surface area contributed by atoms with Gasteiger partial charge in [-0.15, -0.1) is 0 Å². The van der Waals surface area contributed by atoms with Gasteiger partial charge in [0.2, 0.25) is 0 Å². The second kappa shape index (κ2) is 8.75. The van der Waals surface area contributed by atoms with Crippen molar-refractivity contribution in [2.75, 3.05) is 27.2 Å². The molecule has 0 saturated heterocycles. The van der Waals surface area contributed by atoms with Crippen LogP contribution in [0, 0.1) is 0 Å². The largest absolute Gasteiger partial charge is 0.307 e. The zero-order chi connectivity index (χ0) is 14.1. The molecule has 1 aromatic carbocycles. The molecule has 0 unspecified atom stereocenters. The fourth-order valence-electron chi connectivity index (χ4n) is 1.31. The molecule has 0 radical (unpaired) electrons. The highest BCUT2D eigenvalue weighted by atomic mass is 35.5. The van der Waals surface area contributed by atoms with Gasteiger partial charge < -0.3 is 4.90 Å². The monoisotopic (exact) mass is 280 g/mol. The Morgan fingerprint density at radius 2 is 2.00 bits per heavy atom. The van der Waals surface area contributed by atoms with Gasteiger partial charge in [-0.25, -0.2) is 0 Å². The minimum Gasteiger partial charge on any atom is -0.307 e. The quantitative estimate of drug-likeness (QED) is 0.471. The van der Waals surface area contributed by atoms with E-state index in [4.69, 9.17) is 16.4 Å². The Morgan fingerprint density at radius 3 is 2.58 bits per heavy atom. The molecular formula is C15H21ClN2O. The van der Waals surface area contributed by atoms with E-state index in [0.29, 0.717) is 6.61 Å². The van der Waals surface area contributed by atoms with Gasteiger partial charge in [0.1, 0.15) is 0 Å². The highest BCUT2D eigenvalue weighted by molar-refractivity contribution is 6.30. The lowest BCUT2D eigenvalue weighted by Gasteiger charge is -2.11. The maximum Gasteiger partial charge on any atom is 0.0872 e. The number of nitrogens with zero attached hydrogens (tertiary/aromatic N) is 1. The zero-order valence-corrected chi connectivity index (χ0v) is 12.4. The fourth-order valence-corrected chi connectivity index (χ4v) is 1.44. The van der Waals surface area contributed by atoms with Gasteiger partial charge in [0.15, 0.2) is 0 Å². The molecule has 0 aliphatic carbocycles. The Labute approximate surface area is 120 Å². The molecule has 0 fully saturated rings. The van der Waals surface area contributed by atoms with Crippen LogP contribution in [0.15, 0.2) is 42.1 Å². The van der Waals surface area contributed by atoms with Crippen LogP contribution in [0.1, 0.15) is 12.5 Å². The van der Waals surface area contributed by atoms with E-state index in [1.165, 1.54) is 0 Å². The molecule has 0 aliphatic heterocycles. The highest BCUT2D eigenvalue weighted by Crippen LogP contribution is 2.11. The van der Waals surface area contributed by atoms with Crippen molar-refractivity contribution < 1.29 is 4.84 Å². The summed E-state index contributed by atoms with van der Waals surface area (Å²) in [5.41, 5.74) is 4.95. The first-order valence-corrected chi connectivity index (χ1v) is 6.62. The molecule has 0 atom stereocenters. The first-order valence-electron chi connectivity index (χ1n) is 6.24. The van der Waals surface area contributed by atoms with Crippen molar-refractivity contribution in [3.05, 3.63) is 52.7 Å². The van der Waals surface area contributed by atoms with Gasteiger partial charge in [-0.3, -0.25) is 10.3 Å². The normalized spacial score (nSPS) is 12.4. The molecule has 3 nitrogen and oxygen atoms in total. The summed E-state index contributed by atoms with van der Waals surface area (Å²) in [6.45, 7) is 3.48. The maximum atomic E-state index is 5.84. The Morgan fingerprint density at radius 1 is 1.32 bits per heavy atom. The van der Waals surface area contributed by atoms with E-state index >= 15 is 0 Å². The number of hydrogen-bond donors (Lipinski definition) is 1. The van der Waals surface area contributed by atoms with Gasteiger partial charge >= 0.3 is 0 Å². The van der Waals surface area contributed by atoms with Gasteiger partial charge in [0, 0.05) is 11.6 Å². The molecule has 0 saturated carbocycles. The number of hydroxylamine groups is 1. The van der Waals surface area contributed by atoms with Crippen molar-refractivity contribution >= 4 is 17.7 Å². The smallest absolute Gasteiger partial charge is 0.0872 e. The summed E-state index contributed by atoms with van der Waals surface area (Å²) in [5.74, 6) is 0. The Balaban J connectivity index is 2.42. The van der Waals surface area contributed by atoms with Crippen LogP contribution < -0.4 is 5.48 Å². The van der Waals surface area contributed by atoms with Crippen molar-refractivity contribution in [2.45, 2.75) is 6.92 Å². The predicted octanol–water partition coefficient (Wildman–Crippen LogP) is 3.34. The minimum absolute atomic E-state index is 0.638. The molecule has 0 bridgehead atoms. The zero-order valence-electron chi connectivity index (χ0n) is 11.7. The van der Waals surface area contributed by atoms with E-state index in [2.05, 4.69) is 10.4 Å². The third-order valence-corrected chi connectivity index (χ3v) is 2.72. The van der Waals surface area contributed by atoms with Gasteiger partial charge in [0.25, 0.3) is 0 Å². The van der Waals surface area contributed by atoms with Crippen LogP contribution in [-0.4, -0.2) is 32.1 Å². The number of hydrogen-bond acceptors (Lipinski definition) is 3. The summed E-state index contributed by atoms with van der Waals surface area (Å²) in [4.78, 5) is 7.44. The summed E-state index contributed by atoms with van der Waals surface area (Å²) < 4.78 is 0. The molecular weight excluding hydrogens is 260 g/mol. The molecule has 1 aromatic rings. The molecule has 1 rings (SSSR count). The number of benzene rings is 1. The molecule has 0 amide bonds. The van der Waals surface area contributed by atoms with Crippen LogP contribution in [0.5, 0.6) is 0 Å². The van der Waals surface area contributed by atoms with E-state index in [9.17, 15) is 0 Å². The molecule has 1 N–H and O–H groups in total. The van der Waals surface area contributed by atoms with Crippen molar-refractivity contribution in [1.29, 1.82) is 0 Å². The highest BCUT2D eigenvalue weighted by Gasteiger charge is 1.93. The van der Waals surface area contributed by atoms with Gasteiger partial charge in [-0.1, -0.05) is 35.9 Å². The molecule has 19 heavy (non-hydrogen) atoms. The maximum absolute atomic E-state index is 5.84. The summed E-state index contributed by atoms with van der Waals surface area (Å²) in [6, 6.07) is 7.69. The van der Waals surface area contributed by atoms with E-state index < -0.39 is 0 Å². The number of likely N-dealkylation sites (N-methyl/N-ethyl adjacent to an activating group) is 1. The first kappa shape index (κ1) is 15.8. The third-order valence-electron chi connectivity index (χ3n) is 2.47. The van der Waals surface area contributed by atoms with Crippen molar-refractivity contribution in [3.8, 4) is 0 Å². The summed E-state index contributed by atoms with van der Waals surface area (Å²) in [5, 5.41) is 0.744. The fraction of sp³-hybridized carbons (Fsp3) is 0.333. The Hall–Kier alpha value is -1.29. The second-order valence-corrected chi connectivity index (χ2v) is 4.82. The predicted molar refractivity (Wildman–Crippen MR) is 81.9 cm³/mol. The lowest BCUT2D eigenvalue weighted by Crippen LogP contribution is -2.22. The van der Waals surface area contributed by atoms with Crippen LogP contribution in [0.3, 0.4) is 0 Å². The number of halogens is 1. The summed E-state index contributed by atoms with van der Waals surface area (Å²) in [7, 11) is 4.03. The second-order valence-electron chi connectivity index (χ2n) is 4.38. The summed E-state index contributed by atoms with van der Waals surface area (Å²) in [6.07, 6.45) is 5.94. The van der Waals surface area contributed by atoms with Gasteiger partial charge in [-0.05, 0) is 44.8 Å². The van der Waals surface area contributed by atoms with Crippen LogP contribution >= 0.6 is 11.6 Å². The van der Waals surface area contributed by atoms with Crippen LogP contribution in [-0.2, 0) is 4.84 Å². The van der Waals surface area contributed by atoms with Crippen LogP contribution in [0.25, 0.3) is 6.08 Å². The lowest BCUT2D eigenvalue weighted by atomic mass is 10.2. The van der Waals surface area contributed by atoms with E-state index in [0.717, 1.165) is 22.8 Å². The topological polar surface area (TPSA) is 24.5 Å². The SMILES string of the molecule is CC=C(C=Cc1ccc(Cl)cc1)NOCCN(C)C.